The highest BCUT2D eigenvalue weighted by Crippen LogP contribution is 2.39. The Hall–Kier alpha value is -3.73. The van der Waals surface area contributed by atoms with E-state index in [-0.39, 0.29) is 12.2 Å². The van der Waals surface area contributed by atoms with Gasteiger partial charge in [-0.15, -0.1) is 0 Å². The van der Waals surface area contributed by atoms with Crippen molar-refractivity contribution in [3.63, 3.8) is 0 Å². The van der Waals surface area contributed by atoms with Gasteiger partial charge in [0.05, 0.1) is 0 Å². The lowest BCUT2D eigenvalue weighted by Gasteiger charge is -2.35. The summed E-state index contributed by atoms with van der Waals surface area (Å²) < 4.78 is 1.74. The van der Waals surface area contributed by atoms with Crippen molar-refractivity contribution < 1.29 is 9.90 Å². The molecule has 0 atom stereocenters. The maximum atomic E-state index is 11.0. The molecule has 1 heterocycles. The fraction of sp³-hybridized carbons (Fsp3) is 0.0870. The van der Waals surface area contributed by atoms with Crippen molar-refractivity contribution in [1.29, 1.82) is 0 Å². The number of carbonyl (C=O) groups excluding carboxylic acids is 1. The molecule has 0 unspecified atom stereocenters. The summed E-state index contributed by atoms with van der Waals surface area (Å²) in [4.78, 5) is 15.3. The van der Waals surface area contributed by atoms with Crippen molar-refractivity contribution in [1.82, 2.24) is 14.8 Å². The van der Waals surface area contributed by atoms with E-state index in [2.05, 4.69) is 10.1 Å². The van der Waals surface area contributed by atoms with Gasteiger partial charge in [0.15, 0.2) is 5.82 Å². The van der Waals surface area contributed by atoms with E-state index in [1.165, 1.54) is 0 Å². The van der Waals surface area contributed by atoms with Gasteiger partial charge in [-0.25, -0.2) is 9.67 Å². The van der Waals surface area contributed by atoms with Gasteiger partial charge in [-0.05, 0) is 16.7 Å². The monoisotopic (exact) mass is 368 g/mol. The van der Waals surface area contributed by atoms with E-state index >= 15 is 0 Å². The van der Waals surface area contributed by atoms with E-state index in [0.717, 1.165) is 16.7 Å². The van der Waals surface area contributed by atoms with Crippen LogP contribution in [0.1, 0.15) is 22.5 Å². The molecule has 0 aliphatic carbocycles. The van der Waals surface area contributed by atoms with Gasteiger partial charge in [0.1, 0.15) is 11.9 Å². The number of carbonyl (C=O) groups is 1. The van der Waals surface area contributed by atoms with Crippen LogP contribution in [-0.4, -0.2) is 20.7 Å². The van der Waals surface area contributed by atoms with Crippen molar-refractivity contribution in [2.24, 2.45) is 0 Å². The fourth-order valence-electron chi connectivity index (χ4n) is 3.60. The van der Waals surface area contributed by atoms with Crippen LogP contribution in [-0.2, 0) is 16.8 Å². The molecule has 0 saturated carbocycles. The Morgan fingerprint density at radius 2 is 1.21 bits per heavy atom. The summed E-state index contributed by atoms with van der Waals surface area (Å²) in [5.74, 6) is -0.991. The van der Waals surface area contributed by atoms with Gasteiger partial charge in [-0.3, -0.25) is 0 Å². The lowest BCUT2D eigenvalue weighted by Crippen LogP contribution is -2.38. The maximum Gasteiger partial charge on any atom is 0.156 e. The van der Waals surface area contributed by atoms with Gasteiger partial charge < -0.3 is 9.90 Å². The number of hydrogen-bond acceptors (Lipinski definition) is 4. The third-order valence-corrected chi connectivity index (χ3v) is 4.76. The normalized spacial score (nSPS) is 11.3. The van der Waals surface area contributed by atoms with Crippen LogP contribution in [0, 0.1) is 0 Å². The van der Waals surface area contributed by atoms with E-state index in [1.807, 2.05) is 91.0 Å². The van der Waals surface area contributed by atoms with Gasteiger partial charge in [0.25, 0.3) is 0 Å². The van der Waals surface area contributed by atoms with Gasteiger partial charge in [0, 0.05) is 12.4 Å². The van der Waals surface area contributed by atoms with Crippen molar-refractivity contribution in [2.45, 2.75) is 12.0 Å². The SMILES string of the molecule is O=C([O-])Cc1ncn(C(c2ccccc2)(c2ccccc2)c2ccccc2)n1. The third kappa shape index (κ3) is 3.07. The van der Waals surface area contributed by atoms with Crippen LogP contribution in [0.15, 0.2) is 97.3 Å². The first-order valence-electron chi connectivity index (χ1n) is 8.98. The first kappa shape index (κ1) is 17.7. The summed E-state index contributed by atoms with van der Waals surface area (Å²) in [5, 5.41) is 15.6. The topological polar surface area (TPSA) is 70.8 Å². The number of nitrogens with zero attached hydrogens (tertiary/aromatic N) is 3. The predicted molar refractivity (Wildman–Crippen MR) is 103 cm³/mol. The summed E-state index contributed by atoms with van der Waals surface area (Å²) in [6.45, 7) is 0. The summed E-state index contributed by atoms with van der Waals surface area (Å²) >= 11 is 0. The van der Waals surface area contributed by atoms with E-state index in [4.69, 9.17) is 0 Å². The second-order valence-electron chi connectivity index (χ2n) is 6.46. The second kappa shape index (κ2) is 7.48. The predicted octanol–water partition coefficient (Wildman–Crippen LogP) is 2.41. The van der Waals surface area contributed by atoms with Crippen molar-refractivity contribution >= 4 is 5.97 Å². The molecule has 4 rings (SSSR count). The van der Waals surface area contributed by atoms with E-state index in [0.29, 0.717) is 0 Å². The van der Waals surface area contributed by atoms with Crippen LogP contribution in [0.5, 0.6) is 0 Å². The van der Waals surface area contributed by atoms with E-state index in [1.54, 1.807) is 11.0 Å². The van der Waals surface area contributed by atoms with Gasteiger partial charge in [-0.1, -0.05) is 91.0 Å². The highest BCUT2D eigenvalue weighted by molar-refractivity contribution is 5.66. The first-order chi connectivity index (χ1) is 13.7. The Kier molecular flexibility index (Phi) is 4.72. The highest BCUT2D eigenvalue weighted by atomic mass is 16.4. The molecule has 0 spiro atoms. The number of aromatic nitrogens is 3. The van der Waals surface area contributed by atoms with E-state index < -0.39 is 11.5 Å². The van der Waals surface area contributed by atoms with Crippen LogP contribution in [0.25, 0.3) is 0 Å². The molecule has 0 fully saturated rings. The van der Waals surface area contributed by atoms with Crippen molar-refractivity contribution in [2.75, 3.05) is 0 Å². The summed E-state index contributed by atoms with van der Waals surface area (Å²) in [5.41, 5.74) is 2.20. The molecule has 0 aliphatic heterocycles. The minimum Gasteiger partial charge on any atom is -0.550 e. The number of benzene rings is 3. The van der Waals surface area contributed by atoms with Crippen LogP contribution in [0.4, 0.5) is 0 Å². The molecule has 0 aliphatic rings. The van der Waals surface area contributed by atoms with Crippen LogP contribution in [0.3, 0.4) is 0 Å². The zero-order valence-corrected chi connectivity index (χ0v) is 15.1. The maximum absolute atomic E-state index is 11.0. The summed E-state index contributed by atoms with van der Waals surface area (Å²) in [6.07, 6.45) is 1.26. The minimum absolute atomic E-state index is 0.215. The molecule has 0 N–H and O–H groups in total. The molecule has 138 valence electrons. The molecule has 5 heteroatoms. The zero-order valence-electron chi connectivity index (χ0n) is 15.1. The highest BCUT2D eigenvalue weighted by Gasteiger charge is 2.39. The fourth-order valence-corrected chi connectivity index (χ4v) is 3.60. The third-order valence-electron chi connectivity index (χ3n) is 4.76. The number of hydrogen-bond donors (Lipinski definition) is 0. The lowest BCUT2D eigenvalue weighted by atomic mass is 9.77. The Bertz CT molecular complexity index is 964. The average Bonchev–Trinajstić information content (AvgIpc) is 3.19. The Morgan fingerprint density at radius 3 is 1.61 bits per heavy atom. The average molecular weight is 368 g/mol. The van der Waals surface area contributed by atoms with Gasteiger partial charge in [0.2, 0.25) is 0 Å². The van der Waals surface area contributed by atoms with E-state index in [9.17, 15) is 9.90 Å². The first-order valence-corrected chi connectivity index (χ1v) is 8.98. The van der Waals surface area contributed by atoms with Gasteiger partial charge >= 0.3 is 0 Å². The molecule has 0 saturated heterocycles. The number of rotatable bonds is 6. The standard InChI is InChI=1S/C23H19N3O2/c27-22(28)16-21-24-17-26(25-21)23(18-10-4-1-5-11-18,19-12-6-2-7-13-19)20-14-8-3-9-15-20/h1-15,17H,16H2,(H,27,28)/p-1. The molecule has 4 aromatic rings. The molecule has 0 bridgehead atoms. The minimum atomic E-state index is -1.21. The lowest BCUT2D eigenvalue weighted by molar-refractivity contribution is -0.304. The number of aliphatic carboxylic acids is 1. The van der Waals surface area contributed by atoms with Gasteiger partial charge in [-0.2, -0.15) is 5.10 Å². The molecule has 3 aromatic carbocycles. The summed E-state index contributed by atoms with van der Waals surface area (Å²) in [6, 6.07) is 30.0. The Balaban J connectivity index is 2.04. The quantitative estimate of drug-likeness (QED) is 0.490. The van der Waals surface area contributed by atoms with Crippen molar-refractivity contribution in [3.8, 4) is 0 Å². The number of carboxylic acid groups (broad SMARTS) is 1. The molecule has 0 radical (unpaired) electrons. The molecule has 0 amide bonds. The Labute approximate surface area is 162 Å². The summed E-state index contributed by atoms with van der Waals surface area (Å²) in [7, 11) is 0. The van der Waals surface area contributed by atoms with Crippen LogP contribution >= 0.6 is 0 Å². The number of carboxylic acids is 1. The van der Waals surface area contributed by atoms with Crippen molar-refractivity contribution in [3.05, 3.63) is 120 Å². The molecular formula is C23H18N3O2-. The molecule has 28 heavy (non-hydrogen) atoms. The van der Waals surface area contributed by atoms with Crippen LogP contribution in [0.2, 0.25) is 0 Å². The molecular weight excluding hydrogens is 350 g/mol. The van der Waals surface area contributed by atoms with Crippen LogP contribution < -0.4 is 5.11 Å². The Morgan fingerprint density at radius 1 is 0.786 bits per heavy atom. The smallest absolute Gasteiger partial charge is 0.156 e. The largest absolute Gasteiger partial charge is 0.550 e. The second-order valence-corrected chi connectivity index (χ2v) is 6.46. The molecule has 1 aromatic heterocycles. The molecule has 5 nitrogen and oxygen atoms in total. The zero-order chi connectivity index (χ0) is 19.4.